The number of nitrogens with one attached hydrogen (secondary N) is 2. The summed E-state index contributed by atoms with van der Waals surface area (Å²) in [6, 6.07) is 4.48. The highest BCUT2D eigenvalue weighted by atomic mass is 19.4. The van der Waals surface area contributed by atoms with E-state index in [1.807, 2.05) is 0 Å². The molecule has 2 amide bonds. The molecule has 0 aliphatic carbocycles. The molecule has 0 heterocycles. The highest BCUT2D eigenvalue weighted by Crippen LogP contribution is 2.28. The van der Waals surface area contributed by atoms with E-state index in [2.05, 4.69) is 15.4 Å². The summed E-state index contributed by atoms with van der Waals surface area (Å²) in [4.78, 5) is 23.7. The number of hydrogen-bond acceptors (Lipinski definition) is 5. The fourth-order valence-corrected chi connectivity index (χ4v) is 1.87. The predicted octanol–water partition coefficient (Wildman–Crippen LogP) is 3.95. The van der Waals surface area contributed by atoms with Gasteiger partial charge in [-0.1, -0.05) is 0 Å². The highest BCUT2D eigenvalue weighted by molar-refractivity contribution is 5.93. The van der Waals surface area contributed by atoms with Gasteiger partial charge < -0.3 is 19.5 Å². The van der Waals surface area contributed by atoms with Gasteiger partial charge in [0, 0.05) is 5.69 Å². The van der Waals surface area contributed by atoms with Crippen molar-refractivity contribution in [2.24, 2.45) is 0 Å². The zero-order chi connectivity index (χ0) is 20.7. The average Bonchev–Trinajstić information content (AvgIpc) is 2.49. The maximum atomic E-state index is 12.0. The average molecular weight is 392 g/mol. The van der Waals surface area contributed by atoms with Crippen molar-refractivity contribution in [2.75, 3.05) is 31.0 Å². The molecule has 1 aromatic carbocycles. The van der Waals surface area contributed by atoms with Gasteiger partial charge in [-0.25, -0.2) is 4.79 Å². The topological polar surface area (TPSA) is 85.9 Å². The van der Waals surface area contributed by atoms with E-state index in [4.69, 9.17) is 9.47 Å². The molecule has 0 bridgehead atoms. The lowest BCUT2D eigenvalue weighted by Gasteiger charge is -2.20. The van der Waals surface area contributed by atoms with E-state index in [1.165, 1.54) is 25.3 Å². The zero-order valence-electron chi connectivity index (χ0n) is 15.5. The maximum Gasteiger partial charge on any atom is 0.412 e. The molecule has 0 fully saturated rings. The van der Waals surface area contributed by atoms with Gasteiger partial charge in [0.05, 0.1) is 25.8 Å². The van der Waals surface area contributed by atoms with Gasteiger partial charge in [0.15, 0.2) is 0 Å². The number of alkyl halides is 3. The van der Waals surface area contributed by atoms with Gasteiger partial charge in [-0.15, -0.1) is 0 Å². The Kier molecular flexibility index (Phi) is 7.89. The number of ether oxygens (including phenoxy) is 3. The molecule has 152 valence electrons. The largest absolute Gasteiger partial charge is 0.495 e. The Morgan fingerprint density at radius 2 is 1.78 bits per heavy atom. The Bertz CT molecular complexity index is 657. The Morgan fingerprint density at radius 3 is 2.33 bits per heavy atom. The van der Waals surface area contributed by atoms with Gasteiger partial charge in [0.25, 0.3) is 0 Å². The molecule has 0 saturated heterocycles. The molecule has 2 N–H and O–H groups in total. The van der Waals surface area contributed by atoms with E-state index >= 15 is 0 Å². The minimum Gasteiger partial charge on any atom is -0.495 e. The minimum absolute atomic E-state index is 0.253. The number of methoxy groups -OCH3 is 1. The quantitative estimate of drug-likeness (QED) is 0.687. The molecular weight excluding hydrogens is 369 g/mol. The first kappa shape index (κ1) is 22.6. The van der Waals surface area contributed by atoms with Gasteiger partial charge in [-0.05, 0) is 39.0 Å². The van der Waals surface area contributed by atoms with Crippen molar-refractivity contribution in [3.8, 4) is 5.75 Å². The third-order valence-corrected chi connectivity index (χ3v) is 2.86. The minimum atomic E-state index is -4.44. The molecule has 0 aliphatic heterocycles. The standard InChI is InChI=1S/C17H23F3N2O5/c1-16(2,3)27-15(24)22-12-9-11(5-6-13(12)25-4)21-14(23)7-8-26-10-17(18,19)20/h5-6,9H,7-8,10H2,1-4H3,(H,21,23)(H,22,24). The summed E-state index contributed by atoms with van der Waals surface area (Å²) >= 11 is 0. The van der Waals surface area contributed by atoms with Crippen LogP contribution in [0.2, 0.25) is 0 Å². The van der Waals surface area contributed by atoms with E-state index in [9.17, 15) is 22.8 Å². The summed E-state index contributed by atoms with van der Waals surface area (Å²) < 4.78 is 50.6. The summed E-state index contributed by atoms with van der Waals surface area (Å²) in [5.74, 6) is -0.196. The molecule has 0 aliphatic rings. The number of carbonyl (C=O) groups is 2. The van der Waals surface area contributed by atoms with E-state index in [0.29, 0.717) is 11.4 Å². The van der Waals surface area contributed by atoms with Crippen LogP contribution in [-0.4, -0.2) is 44.1 Å². The Hall–Kier alpha value is -2.49. The summed E-state index contributed by atoms with van der Waals surface area (Å²) in [7, 11) is 1.41. The number of hydrogen-bond donors (Lipinski definition) is 2. The number of anilines is 2. The van der Waals surface area contributed by atoms with Crippen molar-refractivity contribution in [2.45, 2.75) is 39.0 Å². The number of rotatable bonds is 7. The first-order chi connectivity index (χ1) is 12.4. The lowest BCUT2D eigenvalue weighted by molar-refractivity contribution is -0.174. The molecule has 7 nitrogen and oxygen atoms in total. The van der Waals surface area contributed by atoms with Gasteiger partial charge >= 0.3 is 12.3 Å². The van der Waals surface area contributed by atoms with Crippen molar-refractivity contribution in [3.05, 3.63) is 18.2 Å². The molecule has 27 heavy (non-hydrogen) atoms. The maximum absolute atomic E-state index is 12.0. The molecule has 0 spiro atoms. The highest BCUT2D eigenvalue weighted by Gasteiger charge is 2.27. The van der Waals surface area contributed by atoms with E-state index in [0.717, 1.165) is 0 Å². The fourth-order valence-electron chi connectivity index (χ4n) is 1.87. The fraction of sp³-hybridized carbons (Fsp3) is 0.529. The van der Waals surface area contributed by atoms with Crippen LogP contribution in [0.25, 0.3) is 0 Å². The van der Waals surface area contributed by atoms with Crippen molar-refractivity contribution >= 4 is 23.4 Å². The van der Waals surface area contributed by atoms with E-state index in [-0.39, 0.29) is 18.7 Å². The van der Waals surface area contributed by atoms with Crippen LogP contribution in [0, 0.1) is 0 Å². The van der Waals surface area contributed by atoms with Crippen LogP contribution in [-0.2, 0) is 14.3 Å². The second-order valence-corrected chi connectivity index (χ2v) is 6.51. The van der Waals surface area contributed by atoms with Crippen molar-refractivity contribution < 1.29 is 37.0 Å². The molecule has 10 heteroatoms. The van der Waals surface area contributed by atoms with Gasteiger partial charge in [0.2, 0.25) is 5.91 Å². The Balaban J connectivity index is 2.66. The van der Waals surface area contributed by atoms with Crippen LogP contribution >= 0.6 is 0 Å². The lowest BCUT2D eigenvalue weighted by Crippen LogP contribution is -2.27. The van der Waals surface area contributed by atoms with Crippen molar-refractivity contribution in [1.29, 1.82) is 0 Å². The summed E-state index contributed by atoms with van der Waals surface area (Å²) in [5.41, 5.74) is -0.111. The predicted molar refractivity (Wildman–Crippen MR) is 93.0 cm³/mol. The molecule has 1 aromatic rings. The molecule has 0 atom stereocenters. The molecule has 0 radical (unpaired) electrons. The summed E-state index contributed by atoms with van der Waals surface area (Å²) in [5, 5.41) is 5.02. The number of amides is 2. The molecular formula is C17H23F3N2O5. The van der Waals surface area contributed by atoms with E-state index < -0.39 is 30.4 Å². The van der Waals surface area contributed by atoms with Crippen molar-refractivity contribution in [3.63, 3.8) is 0 Å². The zero-order valence-corrected chi connectivity index (χ0v) is 15.5. The first-order valence-corrected chi connectivity index (χ1v) is 8.02. The van der Waals surface area contributed by atoms with Gasteiger partial charge in [-0.2, -0.15) is 13.2 Å². The van der Waals surface area contributed by atoms with Crippen molar-refractivity contribution in [1.82, 2.24) is 0 Å². The molecule has 0 unspecified atom stereocenters. The second kappa shape index (κ2) is 9.45. The van der Waals surface area contributed by atoms with Crippen LogP contribution in [0.4, 0.5) is 29.3 Å². The van der Waals surface area contributed by atoms with Crippen LogP contribution < -0.4 is 15.4 Å². The smallest absolute Gasteiger partial charge is 0.412 e. The monoisotopic (exact) mass is 392 g/mol. The normalized spacial score (nSPS) is 11.7. The van der Waals surface area contributed by atoms with E-state index in [1.54, 1.807) is 20.8 Å². The third kappa shape index (κ3) is 9.69. The lowest BCUT2D eigenvalue weighted by atomic mass is 10.2. The SMILES string of the molecule is COc1ccc(NC(=O)CCOCC(F)(F)F)cc1NC(=O)OC(C)(C)C. The van der Waals surface area contributed by atoms with Crippen LogP contribution in [0.15, 0.2) is 18.2 Å². The number of halogens is 3. The Morgan fingerprint density at radius 1 is 1.11 bits per heavy atom. The van der Waals surface area contributed by atoms with Crippen LogP contribution in [0.1, 0.15) is 27.2 Å². The summed E-state index contributed by atoms with van der Waals surface area (Å²) in [6.45, 7) is 3.35. The van der Waals surface area contributed by atoms with Crippen LogP contribution in [0.5, 0.6) is 5.75 Å². The summed E-state index contributed by atoms with van der Waals surface area (Å²) in [6.07, 6.45) is -5.39. The molecule has 1 rings (SSSR count). The number of carbonyl (C=O) groups excluding carboxylic acids is 2. The van der Waals surface area contributed by atoms with Gasteiger partial charge in [-0.3, -0.25) is 10.1 Å². The molecule has 0 aromatic heterocycles. The first-order valence-electron chi connectivity index (χ1n) is 8.02. The van der Waals surface area contributed by atoms with Crippen LogP contribution in [0.3, 0.4) is 0 Å². The van der Waals surface area contributed by atoms with Gasteiger partial charge in [0.1, 0.15) is 18.0 Å². The Labute approximate surface area is 155 Å². The number of benzene rings is 1. The molecule has 0 saturated carbocycles. The third-order valence-electron chi connectivity index (χ3n) is 2.86. The second-order valence-electron chi connectivity index (χ2n) is 6.51.